The number of carbonyl (C=O) groups is 4. The molecule has 0 spiro atoms. The zero-order valence-electron chi connectivity index (χ0n) is 18.2. The second kappa shape index (κ2) is 9.40. The summed E-state index contributed by atoms with van der Waals surface area (Å²) in [5.41, 5.74) is 3.74. The van der Waals surface area contributed by atoms with Crippen LogP contribution in [0.4, 0.5) is 5.69 Å². The van der Waals surface area contributed by atoms with E-state index < -0.39 is 35.6 Å². The van der Waals surface area contributed by atoms with Crippen LogP contribution in [0, 0.1) is 12.8 Å². The largest absolute Gasteiger partial charge is 0.496 e. The summed E-state index contributed by atoms with van der Waals surface area (Å²) in [6.45, 7) is 5.04. The average molecular weight is 458 g/mol. The van der Waals surface area contributed by atoms with E-state index in [0.29, 0.717) is 22.0 Å². The summed E-state index contributed by atoms with van der Waals surface area (Å²) in [6, 6.07) is 10.2. The normalized spacial score (nSPS) is 15.8. The van der Waals surface area contributed by atoms with Crippen LogP contribution in [0.25, 0.3) is 0 Å². The Labute approximate surface area is 191 Å². The molecule has 1 atom stereocenters. The van der Waals surface area contributed by atoms with Gasteiger partial charge in [-0.25, -0.2) is 9.91 Å². The van der Waals surface area contributed by atoms with Crippen LogP contribution < -0.4 is 15.1 Å². The maximum atomic E-state index is 13.3. The molecule has 2 aromatic carbocycles. The lowest BCUT2D eigenvalue weighted by atomic mass is 10.1. The Morgan fingerprint density at radius 2 is 1.88 bits per heavy atom. The molecule has 1 aliphatic rings. The standard InChI is InChI=1S/C23H24ClN3O5/c1-13(2)22(30)27(25-21(29)16-7-5-6-8-19(16)32-4)18-12-20(28)26(23(18)31)17-11-15(24)10-9-14(17)3/h5-11,13,18H,12H2,1-4H3,(H,25,29). The monoisotopic (exact) mass is 457 g/mol. The Morgan fingerprint density at radius 1 is 1.19 bits per heavy atom. The van der Waals surface area contributed by atoms with E-state index in [9.17, 15) is 19.2 Å². The van der Waals surface area contributed by atoms with Crippen molar-refractivity contribution in [2.45, 2.75) is 33.2 Å². The number of para-hydroxylation sites is 1. The SMILES string of the molecule is COc1ccccc1C(=O)NN(C(=O)C(C)C)C1CC(=O)N(c2cc(Cl)ccc2C)C1=O. The van der Waals surface area contributed by atoms with Gasteiger partial charge < -0.3 is 4.74 Å². The van der Waals surface area contributed by atoms with E-state index in [1.165, 1.54) is 19.2 Å². The molecule has 1 aliphatic heterocycles. The number of halogens is 1. The highest BCUT2D eigenvalue weighted by atomic mass is 35.5. The zero-order chi connectivity index (χ0) is 23.6. The minimum atomic E-state index is -1.19. The smallest absolute Gasteiger partial charge is 0.273 e. The number of imide groups is 1. The Morgan fingerprint density at radius 3 is 2.53 bits per heavy atom. The van der Waals surface area contributed by atoms with E-state index >= 15 is 0 Å². The average Bonchev–Trinajstić information content (AvgIpc) is 3.06. The van der Waals surface area contributed by atoms with Crippen molar-refractivity contribution in [3.63, 3.8) is 0 Å². The second-order valence-corrected chi connectivity index (χ2v) is 8.16. The number of anilines is 1. The molecule has 3 rings (SSSR count). The van der Waals surface area contributed by atoms with Gasteiger partial charge >= 0.3 is 0 Å². The molecule has 0 aromatic heterocycles. The first kappa shape index (κ1) is 23.3. The highest BCUT2D eigenvalue weighted by molar-refractivity contribution is 6.31. The van der Waals surface area contributed by atoms with Gasteiger partial charge in [0.15, 0.2) is 0 Å². The fraction of sp³-hybridized carbons (Fsp3) is 0.304. The highest BCUT2D eigenvalue weighted by Gasteiger charge is 2.46. The summed E-state index contributed by atoms with van der Waals surface area (Å²) in [4.78, 5) is 53.0. The number of hydrogen-bond donors (Lipinski definition) is 1. The van der Waals surface area contributed by atoms with Crippen molar-refractivity contribution < 1.29 is 23.9 Å². The number of hydrogen-bond acceptors (Lipinski definition) is 5. The number of methoxy groups -OCH3 is 1. The topological polar surface area (TPSA) is 96.0 Å². The zero-order valence-corrected chi connectivity index (χ0v) is 19.0. The van der Waals surface area contributed by atoms with Crippen LogP contribution in [0.3, 0.4) is 0 Å². The second-order valence-electron chi connectivity index (χ2n) is 7.72. The van der Waals surface area contributed by atoms with Gasteiger partial charge in [0.2, 0.25) is 11.8 Å². The van der Waals surface area contributed by atoms with Crippen molar-refractivity contribution in [3.8, 4) is 5.75 Å². The van der Waals surface area contributed by atoms with Crippen LogP contribution in [0.15, 0.2) is 42.5 Å². The van der Waals surface area contributed by atoms with Crippen LogP contribution in [0.5, 0.6) is 5.75 Å². The van der Waals surface area contributed by atoms with Crippen molar-refractivity contribution in [3.05, 3.63) is 58.6 Å². The van der Waals surface area contributed by atoms with E-state index in [1.807, 2.05) is 0 Å². The van der Waals surface area contributed by atoms with E-state index in [-0.39, 0.29) is 12.0 Å². The lowest BCUT2D eigenvalue weighted by Gasteiger charge is -2.29. The fourth-order valence-corrected chi connectivity index (χ4v) is 3.63. The third-order valence-electron chi connectivity index (χ3n) is 5.15. The Bertz CT molecular complexity index is 1090. The fourth-order valence-electron chi connectivity index (χ4n) is 3.46. The molecule has 0 saturated carbocycles. The molecule has 1 fully saturated rings. The van der Waals surface area contributed by atoms with Gasteiger partial charge in [-0.15, -0.1) is 0 Å². The summed E-state index contributed by atoms with van der Waals surface area (Å²) >= 11 is 6.06. The predicted molar refractivity (Wildman–Crippen MR) is 119 cm³/mol. The third-order valence-corrected chi connectivity index (χ3v) is 5.39. The van der Waals surface area contributed by atoms with Gasteiger partial charge in [0.05, 0.1) is 24.8 Å². The molecule has 0 radical (unpaired) electrons. The van der Waals surface area contributed by atoms with Crippen LogP contribution in [-0.2, 0) is 14.4 Å². The molecule has 1 unspecified atom stereocenters. The van der Waals surface area contributed by atoms with Crippen LogP contribution in [0.2, 0.25) is 5.02 Å². The van der Waals surface area contributed by atoms with Gasteiger partial charge in [-0.1, -0.05) is 43.6 Å². The summed E-state index contributed by atoms with van der Waals surface area (Å²) in [5, 5.41) is 1.33. The minimum absolute atomic E-state index is 0.191. The first-order chi connectivity index (χ1) is 15.1. The highest BCUT2D eigenvalue weighted by Crippen LogP contribution is 2.31. The molecule has 0 aliphatic carbocycles. The van der Waals surface area contributed by atoms with Crippen molar-refractivity contribution in [1.82, 2.24) is 10.4 Å². The predicted octanol–water partition coefficient (Wildman–Crippen LogP) is 3.12. The third kappa shape index (κ3) is 4.45. The molecular weight excluding hydrogens is 434 g/mol. The lowest BCUT2D eigenvalue weighted by Crippen LogP contribution is -2.56. The van der Waals surface area contributed by atoms with Crippen LogP contribution in [0.1, 0.15) is 36.2 Å². The number of ether oxygens (including phenoxy) is 1. The van der Waals surface area contributed by atoms with E-state index in [4.69, 9.17) is 16.3 Å². The molecule has 8 nitrogen and oxygen atoms in total. The number of hydrazine groups is 1. The first-order valence-corrected chi connectivity index (χ1v) is 10.4. The minimum Gasteiger partial charge on any atom is -0.496 e. The number of nitrogens with zero attached hydrogens (tertiary/aromatic N) is 2. The van der Waals surface area contributed by atoms with E-state index in [2.05, 4.69) is 5.43 Å². The van der Waals surface area contributed by atoms with Crippen molar-refractivity contribution in [2.24, 2.45) is 5.92 Å². The quantitative estimate of drug-likeness (QED) is 0.549. The maximum Gasteiger partial charge on any atom is 0.273 e. The lowest BCUT2D eigenvalue weighted by molar-refractivity contribution is -0.143. The van der Waals surface area contributed by atoms with Gasteiger partial charge in [0.1, 0.15) is 11.8 Å². The summed E-state index contributed by atoms with van der Waals surface area (Å²) in [7, 11) is 1.42. The van der Waals surface area contributed by atoms with Gasteiger partial charge in [-0.3, -0.25) is 24.6 Å². The molecule has 1 saturated heterocycles. The molecule has 9 heteroatoms. The van der Waals surface area contributed by atoms with Crippen molar-refractivity contribution in [2.75, 3.05) is 12.0 Å². The van der Waals surface area contributed by atoms with Gasteiger partial charge in [0, 0.05) is 10.9 Å². The molecule has 2 aromatic rings. The molecular formula is C23H24ClN3O5. The summed E-state index contributed by atoms with van der Waals surface area (Å²) in [6.07, 6.45) is -0.268. The number of amides is 4. The Balaban J connectivity index is 1.95. The van der Waals surface area contributed by atoms with E-state index in [1.54, 1.807) is 51.1 Å². The number of carbonyl (C=O) groups excluding carboxylic acids is 4. The molecule has 168 valence electrons. The number of rotatable bonds is 5. The Kier molecular flexibility index (Phi) is 6.84. The number of benzene rings is 2. The molecule has 0 bridgehead atoms. The van der Waals surface area contributed by atoms with Crippen molar-refractivity contribution >= 4 is 40.9 Å². The molecule has 32 heavy (non-hydrogen) atoms. The van der Waals surface area contributed by atoms with Crippen LogP contribution in [-0.4, -0.2) is 41.8 Å². The molecule has 4 amide bonds. The first-order valence-electron chi connectivity index (χ1n) is 10.1. The van der Waals surface area contributed by atoms with E-state index in [0.717, 1.165) is 9.91 Å². The van der Waals surface area contributed by atoms with Crippen LogP contribution >= 0.6 is 11.6 Å². The number of aryl methyl sites for hydroxylation is 1. The maximum absolute atomic E-state index is 13.3. The van der Waals surface area contributed by atoms with Crippen molar-refractivity contribution in [1.29, 1.82) is 0 Å². The molecule has 1 heterocycles. The van der Waals surface area contributed by atoms with Gasteiger partial charge in [-0.2, -0.15) is 0 Å². The Hall–Kier alpha value is -3.39. The summed E-state index contributed by atoms with van der Waals surface area (Å²) < 4.78 is 5.21. The summed E-state index contributed by atoms with van der Waals surface area (Å²) in [5.74, 6) is -2.45. The van der Waals surface area contributed by atoms with Gasteiger partial charge in [-0.05, 0) is 36.8 Å². The van der Waals surface area contributed by atoms with Gasteiger partial charge in [0.25, 0.3) is 11.8 Å². The number of nitrogens with one attached hydrogen (secondary N) is 1. The molecule has 1 N–H and O–H groups in total.